The van der Waals surface area contributed by atoms with E-state index in [0.717, 1.165) is 10.9 Å². The average molecular weight is 331 g/mol. The molecule has 1 atom stereocenters. The van der Waals surface area contributed by atoms with E-state index in [-0.39, 0.29) is 11.8 Å². The zero-order valence-corrected chi connectivity index (χ0v) is 12.8. The van der Waals surface area contributed by atoms with E-state index in [4.69, 9.17) is 5.73 Å². The molecule has 8 heteroatoms. The van der Waals surface area contributed by atoms with Crippen molar-refractivity contribution in [1.82, 2.24) is 15.0 Å². The first-order valence-electron chi connectivity index (χ1n) is 7.21. The summed E-state index contributed by atoms with van der Waals surface area (Å²) in [5, 5.41) is 3.95. The van der Waals surface area contributed by atoms with Gasteiger partial charge in [0.1, 0.15) is 23.7 Å². The van der Waals surface area contributed by atoms with Gasteiger partial charge in [0, 0.05) is 0 Å². The van der Waals surface area contributed by atoms with Gasteiger partial charge in [0.05, 0.1) is 11.4 Å². The number of benzene rings is 1. The Morgan fingerprint density at radius 1 is 1.17 bits per heavy atom. The highest BCUT2D eigenvalue weighted by atomic mass is 19.3. The predicted octanol–water partition coefficient (Wildman–Crippen LogP) is 3.38. The van der Waals surface area contributed by atoms with E-state index in [2.05, 4.69) is 25.0 Å². The van der Waals surface area contributed by atoms with Crippen LogP contribution in [0, 0.1) is 0 Å². The summed E-state index contributed by atoms with van der Waals surface area (Å²) in [5.41, 5.74) is 6.92. The van der Waals surface area contributed by atoms with Crippen LogP contribution in [0.15, 0.2) is 42.7 Å². The van der Waals surface area contributed by atoms with Crippen LogP contribution in [0.25, 0.3) is 11.0 Å². The summed E-state index contributed by atoms with van der Waals surface area (Å²) in [7, 11) is 0. The quantitative estimate of drug-likeness (QED) is 0.745. The van der Waals surface area contributed by atoms with E-state index in [1.807, 2.05) is 13.0 Å². The van der Waals surface area contributed by atoms with E-state index in [1.165, 1.54) is 12.4 Å². The Balaban J connectivity index is 1.86. The number of nitrogens with one attached hydrogen (secondary N) is 1. The summed E-state index contributed by atoms with van der Waals surface area (Å²) >= 11 is 0. The molecule has 0 amide bonds. The second-order valence-corrected chi connectivity index (χ2v) is 5.15. The lowest BCUT2D eigenvalue weighted by Gasteiger charge is -2.17. The Morgan fingerprint density at radius 3 is 2.79 bits per heavy atom. The number of hydrogen-bond acceptors (Lipinski definition) is 6. The number of nitrogens with two attached hydrogens (primary N) is 1. The van der Waals surface area contributed by atoms with Crippen LogP contribution < -0.4 is 15.8 Å². The molecule has 0 radical (unpaired) electrons. The van der Waals surface area contributed by atoms with Gasteiger partial charge in [0.25, 0.3) is 0 Å². The molecule has 1 unspecified atom stereocenters. The Morgan fingerprint density at radius 2 is 2.00 bits per heavy atom. The van der Waals surface area contributed by atoms with Crippen LogP contribution >= 0.6 is 0 Å². The lowest BCUT2D eigenvalue weighted by Crippen LogP contribution is -2.10. The van der Waals surface area contributed by atoms with Crippen molar-refractivity contribution in [1.29, 1.82) is 0 Å². The monoisotopic (exact) mass is 331 g/mol. The number of nitrogen functional groups attached to an aromatic ring is 1. The minimum atomic E-state index is -2.86. The lowest BCUT2D eigenvalue weighted by molar-refractivity contribution is -0.0498. The number of alkyl halides is 2. The smallest absolute Gasteiger partial charge is 0.387 e. The van der Waals surface area contributed by atoms with E-state index in [0.29, 0.717) is 17.3 Å². The molecule has 124 valence electrons. The molecule has 3 N–H and O–H groups in total. The third-order valence-corrected chi connectivity index (χ3v) is 3.46. The number of pyridine rings is 1. The maximum Gasteiger partial charge on any atom is 0.387 e. The molecule has 1 aromatic carbocycles. The second kappa shape index (κ2) is 6.61. The number of ether oxygens (including phenoxy) is 1. The summed E-state index contributed by atoms with van der Waals surface area (Å²) < 4.78 is 29.1. The standard InChI is InChI=1S/C16H15F2N5O/c1-9(10-3-2-4-11(7-10)24-16(17)18)22-14-12-5-6-13(19)23-15(12)21-8-20-14/h2-9,16H,1H3,(H3,19,20,21,22,23). The largest absolute Gasteiger partial charge is 0.435 e. The van der Waals surface area contributed by atoms with E-state index in [1.54, 1.807) is 24.3 Å². The molecule has 0 aliphatic carbocycles. The van der Waals surface area contributed by atoms with Crippen LogP contribution in [-0.4, -0.2) is 21.6 Å². The summed E-state index contributed by atoms with van der Waals surface area (Å²) in [6.07, 6.45) is 1.39. The highest BCUT2D eigenvalue weighted by Crippen LogP contribution is 2.26. The van der Waals surface area contributed by atoms with Crippen molar-refractivity contribution in [3.05, 3.63) is 48.3 Å². The molecular weight excluding hydrogens is 316 g/mol. The lowest BCUT2D eigenvalue weighted by atomic mass is 10.1. The number of halogens is 2. The molecule has 0 bridgehead atoms. The van der Waals surface area contributed by atoms with Crippen molar-refractivity contribution in [2.45, 2.75) is 19.6 Å². The molecule has 6 nitrogen and oxygen atoms in total. The van der Waals surface area contributed by atoms with Crippen LogP contribution in [-0.2, 0) is 0 Å². The Hall–Kier alpha value is -3.03. The van der Waals surface area contributed by atoms with E-state index in [9.17, 15) is 8.78 Å². The van der Waals surface area contributed by atoms with Crippen LogP contribution in [0.2, 0.25) is 0 Å². The van der Waals surface area contributed by atoms with Crippen molar-refractivity contribution in [3.63, 3.8) is 0 Å². The van der Waals surface area contributed by atoms with Gasteiger partial charge < -0.3 is 15.8 Å². The Bertz CT molecular complexity index is 859. The number of hydrogen-bond donors (Lipinski definition) is 2. The van der Waals surface area contributed by atoms with Gasteiger partial charge in [-0.2, -0.15) is 8.78 Å². The van der Waals surface area contributed by atoms with Crippen LogP contribution in [0.4, 0.5) is 20.4 Å². The molecule has 2 aromatic heterocycles. The SMILES string of the molecule is CC(Nc1ncnc2nc(N)ccc12)c1cccc(OC(F)F)c1. The highest BCUT2D eigenvalue weighted by Gasteiger charge is 2.12. The molecule has 0 saturated heterocycles. The van der Waals surface area contributed by atoms with Gasteiger partial charge in [-0.1, -0.05) is 12.1 Å². The number of anilines is 2. The van der Waals surface area contributed by atoms with Gasteiger partial charge in [0.15, 0.2) is 5.65 Å². The van der Waals surface area contributed by atoms with Crippen LogP contribution in [0.1, 0.15) is 18.5 Å². The van der Waals surface area contributed by atoms with Gasteiger partial charge in [0.2, 0.25) is 0 Å². The number of fused-ring (bicyclic) bond motifs is 1. The zero-order valence-electron chi connectivity index (χ0n) is 12.8. The fourth-order valence-corrected chi connectivity index (χ4v) is 2.32. The predicted molar refractivity (Wildman–Crippen MR) is 86.9 cm³/mol. The molecule has 3 aromatic rings. The van der Waals surface area contributed by atoms with Crippen molar-refractivity contribution < 1.29 is 13.5 Å². The molecule has 24 heavy (non-hydrogen) atoms. The Kier molecular flexibility index (Phi) is 4.37. The fraction of sp³-hybridized carbons (Fsp3) is 0.188. The van der Waals surface area contributed by atoms with Gasteiger partial charge in [-0.05, 0) is 36.8 Å². The van der Waals surface area contributed by atoms with Crippen LogP contribution in [0.3, 0.4) is 0 Å². The first-order chi connectivity index (χ1) is 11.5. The third kappa shape index (κ3) is 3.48. The fourth-order valence-electron chi connectivity index (χ4n) is 2.32. The van der Waals surface area contributed by atoms with Gasteiger partial charge in [-0.15, -0.1) is 0 Å². The van der Waals surface area contributed by atoms with Crippen LogP contribution in [0.5, 0.6) is 5.75 Å². The molecule has 2 heterocycles. The van der Waals surface area contributed by atoms with E-state index >= 15 is 0 Å². The molecule has 0 aliphatic heterocycles. The second-order valence-electron chi connectivity index (χ2n) is 5.15. The third-order valence-electron chi connectivity index (χ3n) is 3.46. The summed E-state index contributed by atoms with van der Waals surface area (Å²) in [4.78, 5) is 12.4. The molecule has 0 saturated carbocycles. The molecular formula is C16H15F2N5O. The highest BCUT2D eigenvalue weighted by molar-refractivity contribution is 5.87. The van der Waals surface area contributed by atoms with Crippen molar-refractivity contribution in [2.75, 3.05) is 11.1 Å². The summed E-state index contributed by atoms with van der Waals surface area (Å²) in [5.74, 6) is 1.07. The summed E-state index contributed by atoms with van der Waals surface area (Å²) in [6.45, 7) is -0.967. The molecule has 3 rings (SSSR count). The Labute approximate surface area is 136 Å². The maximum atomic E-state index is 12.3. The molecule has 0 spiro atoms. The molecule has 0 fully saturated rings. The summed E-state index contributed by atoms with van der Waals surface area (Å²) in [6, 6.07) is 9.77. The van der Waals surface area contributed by atoms with Crippen molar-refractivity contribution in [3.8, 4) is 5.75 Å². The number of rotatable bonds is 5. The minimum absolute atomic E-state index is 0.109. The van der Waals surface area contributed by atoms with Gasteiger partial charge >= 0.3 is 6.61 Å². The first-order valence-corrected chi connectivity index (χ1v) is 7.21. The van der Waals surface area contributed by atoms with Crippen molar-refractivity contribution >= 4 is 22.7 Å². The van der Waals surface area contributed by atoms with Gasteiger partial charge in [-0.25, -0.2) is 15.0 Å². The topological polar surface area (TPSA) is 86.0 Å². The maximum absolute atomic E-state index is 12.3. The normalized spacial score (nSPS) is 12.3. The minimum Gasteiger partial charge on any atom is -0.435 e. The van der Waals surface area contributed by atoms with Gasteiger partial charge in [-0.3, -0.25) is 0 Å². The number of aromatic nitrogens is 3. The average Bonchev–Trinajstić information content (AvgIpc) is 2.54. The molecule has 0 aliphatic rings. The van der Waals surface area contributed by atoms with Crippen molar-refractivity contribution in [2.24, 2.45) is 0 Å². The number of nitrogens with zero attached hydrogens (tertiary/aromatic N) is 3. The van der Waals surface area contributed by atoms with E-state index < -0.39 is 6.61 Å². The zero-order chi connectivity index (χ0) is 17.1. The first kappa shape index (κ1) is 15.9.